The van der Waals surface area contributed by atoms with Gasteiger partial charge in [-0.3, -0.25) is 4.79 Å². The van der Waals surface area contributed by atoms with Gasteiger partial charge < -0.3 is 19.5 Å². The second-order valence-electron chi connectivity index (χ2n) is 6.35. The van der Waals surface area contributed by atoms with E-state index in [0.717, 1.165) is 11.1 Å². The average molecular weight is 395 g/mol. The molecule has 0 aliphatic heterocycles. The summed E-state index contributed by atoms with van der Waals surface area (Å²) in [5.74, 6) is 1.19. The van der Waals surface area contributed by atoms with Gasteiger partial charge in [0.15, 0.2) is 0 Å². The van der Waals surface area contributed by atoms with Gasteiger partial charge in [0.25, 0.3) is 0 Å². The lowest BCUT2D eigenvalue weighted by Gasteiger charge is -2.12. The molecule has 0 aliphatic rings. The molecular formula is C23H22FNO4. The first-order chi connectivity index (χ1) is 14.1. The van der Waals surface area contributed by atoms with Gasteiger partial charge in [0.1, 0.15) is 29.7 Å². The fraction of sp³-hybridized carbons (Fsp3) is 0.174. The van der Waals surface area contributed by atoms with Crippen molar-refractivity contribution in [2.75, 3.05) is 19.5 Å². The van der Waals surface area contributed by atoms with E-state index in [2.05, 4.69) is 5.32 Å². The minimum absolute atomic E-state index is 0.164. The summed E-state index contributed by atoms with van der Waals surface area (Å²) in [6.45, 7) is 0.263. The Kier molecular flexibility index (Phi) is 6.68. The first-order valence-corrected chi connectivity index (χ1v) is 9.05. The monoisotopic (exact) mass is 395 g/mol. The number of nitrogens with one attached hydrogen (secondary N) is 1. The highest BCUT2D eigenvalue weighted by molar-refractivity contribution is 5.92. The molecule has 6 heteroatoms. The van der Waals surface area contributed by atoms with Crippen LogP contribution in [-0.4, -0.2) is 20.1 Å². The van der Waals surface area contributed by atoms with Crippen molar-refractivity contribution in [3.63, 3.8) is 0 Å². The Morgan fingerprint density at radius 1 is 0.931 bits per heavy atom. The van der Waals surface area contributed by atoms with Crippen LogP contribution in [0.1, 0.15) is 11.1 Å². The quantitative estimate of drug-likeness (QED) is 0.606. The fourth-order valence-electron chi connectivity index (χ4n) is 2.84. The highest BCUT2D eigenvalue weighted by atomic mass is 19.1. The number of amides is 1. The second kappa shape index (κ2) is 9.59. The zero-order chi connectivity index (χ0) is 20.6. The zero-order valence-corrected chi connectivity index (χ0v) is 16.3. The van der Waals surface area contributed by atoms with Crippen LogP contribution < -0.4 is 19.5 Å². The van der Waals surface area contributed by atoms with Crippen LogP contribution in [0.15, 0.2) is 66.7 Å². The molecule has 0 heterocycles. The molecule has 1 N–H and O–H groups in total. The van der Waals surface area contributed by atoms with Crippen LogP contribution in [-0.2, 0) is 17.8 Å². The smallest absolute Gasteiger partial charge is 0.228 e. The Morgan fingerprint density at radius 3 is 2.52 bits per heavy atom. The van der Waals surface area contributed by atoms with E-state index in [9.17, 15) is 9.18 Å². The second-order valence-corrected chi connectivity index (χ2v) is 6.35. The summed E-state index contributed by atoms with van der Waals surface area (Å²) in [4.78, 5) is 12.5. The average Bonchev–Trinajstić information content (AvgIpc) is 2.73. The molecule has 29 heavy (non-hydrogen) atoms. The molecule has 3 aromatic rings. The van der Waals surface area contributed by atoms with Gasteiger partial charge in [-0.25, -0.2) is 4.39 Å². The van der Waals surface area contributed by atoms with E-state index in [0.29, 0.717) is 22.9 Å². The first kappa shape index (κ1) is 20.2. The molecule has 3 rings (SSSR count). The number of ether oxygens (including phenoxy) is 3. The summed E-state index contributed by atoms with van der Waals surface area (Å²) in [5, 5.41) is 2.88. The third-order valence-corrected chi connectivity index (χ3v) is 4.26. The van der Waals surface area contributed by atoms with Crippen molar-refractivity contribution in [3.8, 4) is 17.2 Å². The highest BCUT2D eigenvalue weighted by Gasteiger charge is 2.11. The SMILES string of the molecule is COc1ccc(CC(=O)Nc2cccc(COc3cccc(F)c3)c2)c(OC)c1. The van der Waals surface area contributed by atoms with Gasteiger partial charge in [0, 0.05) is 23.4 Å². The van der Waals surface area contributed by atoms with Gasteiger partial charge >= 0.3 is 0 Å². The summed E-state index contributed by atoms with van der Waals surface area (Å²) >= 11 is 0. The predicted octanol–water partition coefficient (Wildman–Crippen LogP) is 4.60. The molecule has 0 aromatic heterocycles. The molecule has 0 fully saturated rings. The molecule has 1 amide bonds. The summed E-state index contributed by atoms with van der Waals surface area (Å²) in [6.07, 6.45) is 0.164. The number of halogens is 1. The van der Waals surface area contributed by atoms with E-state index in [-0.39, 0.29) is 24.8 Å². The molecule has 0 saturated heterocycles. The van der Waals surface area contributed by atoms with Crippen LogP contribution in [0.2, 0.25) is 0 Å². The molecule has 0 unspecified atom stereocenters. The molecule has 0 saturated carbocycles. The van der Waals surface area contributed by atoms with Crippen LogP contribution in [0, 0.1) is 5.82 Å². The number of carbonyl (C=O) groups excluding carboxylic acids is 1. The summed E-state index contributed by atoms with van der Waals surface area (Å²) in [6, 6.07) is 18.6. The van der Waals surface area contributed by atoms with Crippen LogP contribution in [0.3, 0.4) is 0 Å². The fourth-order valence-corrected chi connectivity index (χ4v) is 2.84. The predicted molar refractivity (Wildman–Crippen MR) is 109 cm³/mol. The van der Waals surface area contributed by atoms with Crippen molar-refractivity contribution in [1.82, 2.24) is 0 Å². The lowest BCUT2D eigenvalue weighted by Crippen LogP contribution is -2.15. The van der Waals surface area contributed by atoms with E-state index in [1.807, 2.05) is 18.2 Å². The Labute approximate surface area is 169 Å². The molecule has 5 nitrogen and oxygen atoms in total. The minimum Gasteiger partial charge on any atom is -0.497 e. The van der Waals surface area contributed by atoms with Gasteiger partial charge in [-0.05, 0) is 35.9 Å². The number of rotatable bonds is 8. The van der Waals surface area contributed by atoms with Gasteiger partial charge in [0.2, 0.25) is 5.91 Å². The number of hydrogen-bond acceptors (Lipinski definition) is 4. The van der Waals surface area contributed by atoms with E-state index < -0.39 is 0 Å². The minimum atomic E-state index is -0.350. The zero-order valence-electron chi connectivity index (χ0n) is 16.3. The first-order valence-electron chi connectivity index (χ1n) is 9.05. The van der Waals surface area contributed by atoms with Crippen molar-refractivity contribution in [3.05, 3.63) is 83.7 Å². The maximum Gasteiger partial charge on any atom is 0.228 e. The van der Waals surface area contributed by atoms with E-state index in [1.54, 1.807) is 50.6 Å². The van der Waals surface area contributed by atoms with Gasteiger partial charge in [-0.15, -0.1) is 0 Å². The standard InChI is InChI=1S/C23H22FNO4/c1-27-20-10-9-17(22(14-20)28-2)12-23(26)25-19-7-3-5-16(11-19)15-29-21-8-4-6-18(24)13-21/h3-11,13-14H,12,15H2,1-2H3,(H,25,26). The Morgan fingerprint density at radius 2 is 1.76 bits per heavy atom. The largest absolute Gasteiger partial charge is 0.497 e. The normalized spacial score (nSPS) is 10.3. The summed E-state index contributed by atoms with van der Waals surface area (Å²) in [5.41, 5.74) is 2.27. The Balaban J connectivity index is 1.61. The van der Waals surface area contributed by atoms with E-state index in [1.165, 1.54) is 12.1 Å². The van der Waals surface area contributed by atoms with Crippen LogP contribution in [0.5, 0.6) is 17.2 Å². The lowest BCUT2D eigenvalue weighted by atomic mass is 10.1. The van der Waals surface area contributed by atoms with E-state index >= 15 is 0 Å². The number of carbonyl (C=O) groups is 1. The maximum atomic E-state index is 13.2. The van der Waals surface area contributed by atoms with Crippen molar-refractivity contribution in [2.45, 2.75) is 13.0 Å². The summed E-state index contributed by atoms with van der Waals surface area (Å²) in [7, 11) is 3.13. The number of benzene rings is 3. The molecule has 0 bridgehead atoms. The van der Waals surface area contributed by atoms with Crippen molar-refractivity contribution in [2.24, 2.45) is 0 Å². The van der Waals surface area contributed by atoms with Crippen molar-refractivity contribution < 1.29 is 23.4 Å². The molecule has 0 atom stereocenters. The van der Waals surface area contributed by atoms with Crippen LogP contribution >= 0.6 is 0 Å². The molecule has 150 valence electrons. The molecule has 0 aliphatic carbocycles. The molecule has 0 radical (unpaired) electrons. The maximum absolute atomic E-state index is 13.2. The van der Waals surface area contributed by atoms with Gasteiger partial charge in [0.05, 0.1) is 20.6 Å². The van der Waals surface area contributed by atoms with Crippen molar-refractivity contribution in [1.29, 1.82) is 0 Å². The molecule has 0 spiro atoms. The lowest BCUT2D eigenvalue weighted by molar-refractivity contribution is -0.115. The van der Waals surface area contributed by atoms with Gasteiger partial charge in [-0.1, -0.05) is 24.3 Å². The molecule has 3 aromatic carbocycles. The van der Waals surface area contributed by atoms with Crippen molar-refractivity contribution >= 4 is 11.6 Å². The highest BCUT2D eigenvalue weighted by Crippen LogP contribution is 2.25. The Hall–Kier alpha value is -3.54. The Bertz CT molecular complexity index is 990. The summed E-state index contributed by atoms with van der Waals surface area (Å²) < 4.78 is 29.3. The number of anilines is 1. The van der Waals surface area contributed by atoms with E-state index in [4.69, 9.17) is 14.2 Å². The third kappa shape index (κ3) is 5.72. The van der Waals surface area contributed by atoms with Crippen LogP contribution in [0.4, 0.5) is 10.1 Å². The van der Waals surface area contributed by atoms with Crippen LogP contribution in [0.25, 0.3) is 0 Å². The number of hydrogen-bond donors (Lipinski definition) is 1. The van der Waals surface area contributed by atoms with Gasteiger partial charge in [-0.2, -0.15) is 0 Å². The number of methoxy groups -OCH3 is 2. The molecular weight excluding hydrogens is 373 g/mol. The third-order valence-electron chi connectivity index (χ3n) is 4.26. The topological polar surface area (TPSA) is 56.8 Å².